The van der Waals surface area contributed by atoms with E-state index in [4.69, 9.17) is 0 Å². The Morgan fingerprint density at radius 1 is 0.0980 bits per heavy atom. The second kappa shape index (κ2) is 290. The fourth-order valence-corrected chi connectivity index (χ4v) is 3.46. The van der Waals surface area contributed by atoms with E-state index in [0.29, 0.717) is 0 Å². The molecule has 0 aliphatic heterocycles. The zero-order chi connectivity index (χ0) is 84.4. The molecule has 0 bridgehead atoms. The van der Waals surface area contributed by atoms with Gasteiger partial charge in [0.15, 0.2) is 0 Å². The number of ether oxygens (including phenoxy) is 2. The molecule has 0 aromatic heterocycles. The fraction of sp³-hybridized carbons (Fsp3) is 0.460. The quantitative estimate of drug-likeness (QED) is 0.151. The summed E-state index contributed by atoms with van der Waals surface area (Å²) in [5.41, 5.74) is 0. The van der Waals surface area contributed by atoms with Crippen molar-refractivity contribution in [3.05, 3.63) is 328 Å². The van der Waals surface area contributed by atoms with Gasteiger partial charge in [-0.1, -0.05) is 616 Å². The monoisotopic (exact) mass is 1420 g/mol. The average Bonchev–Trinajstić information content (AvgIpc) is 3.80. The summed E-state index contributed by atoms with van der Waals surface area (Å²) < 4.78 is 8.50. The van der Waals surface area contributed by atoms with Gasteiger partial charge in [0.05, 0.1) is 0 Å². The molecular formula is C100H188O2. The van der Waals surface area contributed by atoms with Gasteiger partial charge in [0.1, 0.15) is 0 Å². The van der Waals surface area contributed by atoms with Crippen LogP contribution in [0, 0.1) is 0 Å². The first-order chi connectivity index (χ1) is 50.5. The van der Waals surface area contributed by atoms with E-state index in [0.717, 1.165) is 0 Å². The van der Waals surface area contributed by atoms with E-state index in [1.54, 1.807) is 28.4 Å². The van der Waals surface area contributed by atoms with Crippen LogP contribution in [-0.4, -0.2) is 28.4 Å². The van der Waals surface area contributed by atoms with Crippen LogP contribution < -0.4 is 0 Å². The molecule has 600 valence electrons. The molecule has 0 radical (unpaired) electrons. The first-order valence-corrected chi connectivity index (χ1v) is 40.3. The minimum atomic E-state index is 1.25. The molecule has 0 saturated carbocycles. The Bertz CT molecular complexity index is 1200. The number of hydrogen-bond acceptors (Lipinski definition) is 2. The number of hydrogen-bond donors (Lipinski definition) is 0. The van der Waals surface area contributed by atoms with E-state index in [9.17, 15) is 0 Å². The normalized spacial score (nSPS) is 6.18. The minimum absolute atomic E-state index is 1.25. The van der Waals surface area contributed by atoms with E-state index in [1.807, 2.05) is 535 Å². The van der Waals surface area contributed by atoms with Gasteiger partial charge < -0.3 is 9.47 Å². The average molecular weight is 1420 g/mol. The molecular weight excluding hydrogens is 1230 g/mol. The first kappa shape index (κ1) is 153. The van der Waals surface area contributed by atoms with Crippen LogP contribution in [0.3, 0.4) is 0 Å². The third-order valence-corrected chi connectivity index (χ3v) is 6.00. The smallest absolute Gasteiger partial charge is 0.0351 e. The Kier molecular flexibility index (Phi) is 435. The lowest BCUT2D eigenvalue weighted by Gasteiger charge is -1.69. The van der Waals surface area contributed by atoms with Gasteiger partial charge in [-0.2, -0.15) is 0 Å². The van der Waals surface area contributed by atoms with Crippen molar-refractivity contribution >= 4 is 0 Å². The summed E-state index contributed by atoms with van der Waals surface area (Å²) in [6, 6.07) is 108. The van der Waals surface area contributed by atoms with Gasteiger partial charge >= 0.3 is 0 Å². The molecule has 0 aliphatic carbocycles. The topological polar surface area (TPSA) is 18.5 Å². The highest BCUT2D eigenvalue weighted by atomic mass is 16.5. The zero-order valence-corrected chi connectivity index (χ0v) is 76.8. The molecule has 9 rings (SSSR count). The molecule has 0 amide bonds. The molecule has 0 N–H and O–H groups in total. The van der Waals surface area contributed by atoms with Crippen molar-refractivity contribution in [3.8, 4) is 0 Å². The Balaban J connectivity index is -0.0000000355. The van der Waals surface area contributed by atoms with Gasteiger partial charge in [0.25, 0.3) is 0 Å². The van der Waals surface area contributed by atoms with Gasteiger partial charge in [-0.25, -0.2) is 0 Å². The number of benzene rings is 9. The summed E-state index contributed by atoms with van der Waals surface area (Å²) in [4.78, 5) is 0. The van der Waals surface area contributed by atoms with E-state index in [2.05, 4.69) is 64.9 Å². The molecule has 0 unspecified atom stereocenters. The summed E-state index contributed by atoms with van der Waals surface area (Å²) in [7, 11) is 6.50. The van der Waals surface area contributed by atoms with Crippen LogP contribution in [0.25, 0.3) is 0 Å². The summed E-state index contributed by atoms with van der Waals surface area (Å²) in [5.74, 6) is 0. The maximum Gasteiger partial charge on any atom is 0.0351 e. The van der Waals surface area contributed by atoms with Gasteiger partial charge in [-0.15, -0.1) is 0 Å². The van der Waals surface area contributed by atoms with Crippen molar-refractivity contribution < 1.29 is 9.47 Å². The lowest BCUT2D eigenvalue weighted by atomic mass is 10.4. The third kappa shape index (κ3) is 357. The maximum absolute atomic E-state index is 4.25. The van der Waals surface area contributed by atoms with Gasteiger partial charge in [0.2, 0.25) is 0 Å². The highest BCUT2D eigenvalue weighted by Crippen LogP contribution is 1.85. The highest BCUT2D eigenvalue weighted by Gasteiger charge is 1.63. The molecule has 0 heterocycles. The van der Waals surface area contributed by atoms with Crippen LogP contribution >= 0.6 is 0 Å². The number of rotatable bonds is 0. The summed E-state index contributed by atoms with van der Waals surface area (Å²) >= 11 is 0. The molecule has 9 aromatic rings. The molecule has 0 aliphatic rings. The van der Waals surface area contributed by atoms with Crippen molar-refractivity contribution in [1.82, 2.24) is 0 Å². The van der Waals surface area contributed by atoms with Gasteiger partial charge in [0, 0.05) is 28.4 Å². The second-order valence-electron chi connectivity index (χ2n) is 14.0. The molecule has 9 aromatic carbocycles. The van der Waals surface area contributed by atoms with Crippen LogP contribution in [0.4, 0.5) is 0 Å². The van der Waals surface area contributed by atoms with Crippen LogP contribution in [0.1, 0.15) is 289 Å². The molecule has 0 fully saturated rings. The van der Waals surface area contributed by atoms with E-state index < -0.39 is 0 Å². The first-order valence-electron chi connectivity index (χ1n) is 40.3. The molecule has 0 saturated heterocycles. The zero-order valence-electron chi connectivity index (χ0n) is 76.8. The lowest BCUT2D eigenvalue weighted by molar-refractivity contribution is 0.277. The molecule has 0 spiro atoms. The van der Waals surface area contributed by atoms with Crippen molar-refractivity contribution in [3.63, 3.8) is 0 Å². The summed E-state index contributed by atoms with van der Waals surface area (Å²) in [6.07, 6.45) is 5.00. The van der Waals surface area contributed by atoms with E-state index in [1.165, 1.54) is 25.7 Å². The maximum atomic E-state index is 4.25. The van der Waals surface area contributed by atoms with Crippen molar-refractivity contribution in [2.75, 3.05) is 28.4 Å². The third-order valence-electron chi connectivity index (χ3n) is 6.00. The molecule has 102 heavy (non-hydrogen) atoms. The van der Waals surface area contributed by atoms with E-state index >= 15 is 0 Å². The van der Waals surface area contributed by atoms with Crippen molar-refractivity contribution in [2.24, 2.45) is 0 Å². The Labute approximate surface area is 650 Å². The van der Waals surface area contributed by atoms with Gasteiger partial charge in [-0.05, 0) is 0 Å². The summed E-state index contributed by atoms with van der Waals surface area (Å²) in [6.45, 7) is 77.0. The van der Waals surface area contributed by atoms with E-state index in [-0.39, 0.29) is 0 Å². The van der Waals surface area contributed by atoms with Crippen LogP contribution in [-0.2, 0) is 9.47 Å². The predicted molar refractivity (Wildman–Crippen MR) is 498 cm³/mol. The largest absolute Gasteiger partial charge is 0.388 e. The molecule has 2 nitrogen and oxygen atoms in total. The standard InChI is InChI=1S/9C6H6.4C3H8.2C2H6O.15C2H6/c9*1-2-4-6-5-3-1;6*1-3-2;15*1-2/h9*1-6H;4*3H2,1-2H3;2*1-2H3;15*1-2H3. The lowest BCUT2D eigenvalue weighted by Crippen LogP contribution is -1.55. The predicted octanol–water partition coefficient (Wildman–Crippen LogP) is 36.8. The van der Waals surface area contributed by atoms with Crippen LogP contribution in [0.15, 0.2) is 328 Å². The van der Waals surface area contributed by atoms with Crippen LogP contribution in [0.2, 0.25) is 0 Å². The van der Waals surface area contributed by atoms with Crippen LogP contribution in [0.5, 0.6) is 0 Å². The Morgan fingerprint density at radius 2 is 0.108 bits per heavy atom. The Morgan fingerprint density at radius 3 is 0.118 bits per heavy atom. The Hall–Kier alpha value is -7.10. The SMILES string of the molecule is CC.CC.CC.CC.CC.CC.CC.CC.CC.CC.CC.CC.CC.CC.CC.CCC.CCC.CCC.CCC.COC.COC.c1ccccc1.c1ccccc1.c1ccccc1.c1ccccc1.c1ccccc1.c1ccccc1.c1ccccc1.c1ccccc1.c1ccccc1. The number of methoxy groups -OCH3 is 2. The minimum Gasteiger partial charge on any atom is -0.388 e. The van der Waals surface area contributed by atoms with Crippen molar-refractivity contribution in [2.45, 2.75) is 289 Å². The highest BCUT2D eigenvalue weighted by molar-refractivity contribution is 5.04. The second-order valence-corrected chi connectivity index (χ2v) is 14.0. The fourth-order valence-electron chi connectivity index (χ4n) is 3.46. The summed E-state index contributed by atoms with van der Waals surface area (Å²) in [5, 5.41) is 0. The molecule has 2 heteroatoms. The molecule has 0 atom stereocenters. The van der Waals surface area contributed by atoms with Gasteiger partial charge in [-0.3, -0.25) is 0 Å². The van der Waals surface area contributed by atoms with Crippen molar-refractivity contribution in [1.29, 1.82) is 0 Å².